The van der Waals surface area contributed by atoms with Crippen LogP contribution in [0.15, 0.2) is 91.1 Å². The molecule has 5 aromatic rings. The highest BCUT2D eigenvalue weighted by atomic mass is 19.1. The molecule has 37 heavy (non-hydrogen) atoms. The number of para-hydroxylation sites is 1. The minimum atomic E-state index is -0.181. The van der Waals surface area contributed by atoms with Gasteiger partial charge in [-0.05, 0) is 58.3 Å². The second-order valence-corrected chi connectivity index (χ2v) is 9.33. The van der Waals surface area contributed by atoms with Crippen molar-refractivity contribution >= 4 is 16.6 Å². The van der Waals surface area contributed by atoms with E-state index in [4.69, 9.17) is 0 Å². The minimum absolute atomic E-state index is 0.127. The Morgan fingerprint density at radius 1 is 0.838 bits per heavy atom. The van der Waals surface area contributed by atoms with Crippen molar-refractivity contribution in [1.82, 2.24) is 30.1 Å². The van der Waals surface area contributed by atoms with Gasteiger partial charge in [-0.2, -0.15) is 0 Å². The van der Waals surface area contributed by atoms with Crippen LogP contribution in [0.3, 0.4) is 0 Å². The second kappa shape index (κ2) is 10.4. The Morgan fingerprint density at radius 3 is 2.49 bits per heavy atom. The van der Waals surface area contributed by atoms with E-state index < -0.39 is 0 Å². The SMILES string of the molecule is Fc1ccccc1N1CCN(C(c2ccc3ncccc3c2)c2nnnn2CCc2ccccc2)CC1. The standard InChI is InChI=1S/C29H28FN7/c30-25-10-4-5-11-27(25)35-17-19-36(20-18-35)28(24-12-13-26-23(21-24)9-6-15-31-26)29-32-33-34-37(29)16-14-22-7-2-1-3-8-22/h1-13,15,21,28H,14,16-20H2. The Bertz CT molecular complexity index is 1480. The van der Waals surface area contributed by atoms with Gasteiger partial charge in [0, 0.05) is 44.3 Å². The number of piperazine rings is 1. The fourth-order valence-corrected chi connectivity index (χ4v) is 5.16. The van der Waals surface area contributed by atoms with Gasteiger partial charge in [-0.15, -0.1) is 5.10 Å². The van der Waals surface area contributed by atoms with E-state index in [1.807, 2.05) is 35.1 Å². The summed E-state index contributed by atoms with van der Waals surface area (Å²) in [5.74, 6) is 0.637. The van der Waals surface area contributed by atoms with Crippen molar-refractivity contribution in [2.24, 2.45) is 0 Å². The molecule has 3 aromatic carbocycles. The van der Waals surface area contributed by atoms with Crippen LogP contribution in [0.4, 0.5) is 10.1 Å². The molecule has 0 amide bonds. The molecule has 0 spiro atoms. The topological polar surface area (TPSA) is 63.0 Å². The van der Waals surface area contributed by atoms with Crippen molar-refractivity contribution in [1.29, 1.82) is 0 Å². The first-order chi connectivity index (χ1) is 18.3. The molecule has 0 bridgehead atoms. The highest BCUT2D eigenvalue weighted by Gasteiger charge is 2.31. The maximum absolute atomic E-state index is 14.5. The van der Waals surface area contributed by atoms with Gasteiger partial charge in [0.1, 0.15) is 5.82 Å². The van der Waals surface area contributed by atoms with Crippen molar-refractivity contribution in [3.8, 4) is 0 Å². The normalized spacial score (nSPS) is 15.2. The third kappa shape index (κ3) is 4.93. The Morgan fingerprint density at radius 2 is 1.65 bits per heavy atom. The van der Waals surface area contributed by atoms with E-state index in [-0.39, 0.29) is 11.9 Å². The smallest absolute Gasteiger partial charge is 0.173 e. The van der Waals surface area contributed by atoms with Crippen LogP contribution in [-0.4, -0.2) is 56.3 Å². The summed E-state index contributed by atoms with van der Waals surface area (Å²) in [6.45, 7) is 3.65. The monoisotopic (exact) mass is 493 g/mol. The molecule has 0 N–H and O–H groups in total. The quantitative estimate of drug-likeness (QED) is 0.332. The lowest BCUT2D eigenvalue weighted by Crippen LogP contribution is -2.48. The number of benzene rings is 3. The molecule has 1 atom stereocenters. The minimum Gasteiger partial charge on any atom is -0.367 e. The van der Waals surface area contributed by atoms with E-state index in [0.29, 0.717) is 12.2 Å². The predicted molar refractivity (Wildman–Crippen MR) is 142 cm³/mol. The molecule has 1 fully saturated rings. The highest BCUT2D eigenvalue weighted by molar-refractivity contribution is 5.79. The van der Waals surface area contributed by atoms with E-state index in [2.05, 4.69) is 78.8 Å². The van der Waals surface area contributed by atoms with Gasteiger partial charge >= 0.3 is 0 Å². The number of rotatable bonds is 7. The Hall–Kier alpha value is -4.17. The maximum Gasteiger partial charge on any atom is 0.173 e. The molecule has 1 saturated heterocycles. The average molecular weight is 494 g/mol. The predicted octanol–water partition coefficient (Wildman–Crippen LogP) is 4.51. The van der Waals surface area contributed by atoms with Gasteiger partial charge in [-0.3, -0.25) is 9.88 Å². The molecule has 1 aliphatic rings. The Labute approximate surface area is 215 Å². The summed E-state index contributed by atoms with van der Waals surface area (Å²) in [6, 6.07) is 27.7. The average Bonchev–Trinajstić information content (AvgIpc) is 3.41. The summed E-state index contributed by atoms with van der Waals surface area (Å²) in [5.41, 5.74) is 3.98. The third-order valence-electron chi connectivity index (χ3n) is 7.07. The summed E-state index contributed by atoms with van der Waals surface area (Å²) in [7, 11) is 0. The molecule has 0 radical (unpaired) electrons. The summed E-state index contributed by atoms with van der Waals surface area (Å²) < 4.78 is 16.4. The van der Waals surface area contributed by atoms with E-state index in [1.54, 1.807) is 6.07 Å². The molecule has 6 rings (SSSR count). The van der Waals surface area contributed by atoms with E-state index >= 15 is 0 Å². The Balaban J connectivity index is 1.31. The summed E-state index contributed by atoms with van der Waals surface area (Å²) in [4.78, 5) is 9.01. The molecule has 1 unspecified atom stereocenters. The zero-order valence-electron chi connectivity index (χ0n) is 20.5. The van der Waals surface area contributed by atoms with Crippen LogP contribution in [0.2, 0.25) is 0 Å². The molecule has 7 nitrogen and oxygen atoms in total. The molecule has 1 aliphatic heterocycles. The van der Waals surface area contributed by atoms with Crippen LogP contribution in [0.1, 0.15) is 23.0 Å². The van der Waals surface area contributed by atoms with Gasteiger partial charge in [0.25, 0.3) is 0 Å². The lowest BCUT2D eigenvalue weighted by atomic mass is 10.0. The second-order valence-electron chi connectivity index (χ2n) is 9.33. The molecule has 0 aliphatic carbocycles. The number of hydrogen-bond donors (Lipinski definition) is 0. The number of anilines is 1. The number of aromatic nitrogens is 5. The van der Waals surface area contributed by atoms with Gasteiger partial charge in [-0.1, -0.05) is 54.6 Å². The van der Waals surface area contributed by atoms with Crippen molar-refractivity contribution < 1.29 is 4.39 Å². The van der Waals surface area contributed by atoms with Crippen molar-refractivity contribution in [2.75, 3.05) is 31.1 Å². The van der Waals surface area contributed by atoms with E-state index in [9.17, 15) is 4.39 Å². The molecule has 8 heteroatoms. The van der Waals surface area contributed by atoms with Crippen LogP contribution in [0.5, 0.6) is 0 Å². The fourth-order valence-electron chi connectivity index (χ4n) is 5.16. The molecule has 0 saturated carbocycles. The highest BCUT2D eigenvalue weighted by Crippen LogP contribution is 2.31. The van der Waals surface area contributed by atoms with Crippen LogP contribution >= 0.6 is 0 Å². The largest absolute Gasteiger partial charge is 0.367 e. The van der Waals surface area contributed by atoms with Crippen molar-refractivity contribution in [3.63, 3.8) is 0 Å². The number of tetrazole rings is 1. The number of nitrogens with zero attached hydrogens (tertiary/aromatic N) is 7. The fraction of sp³-hybridized carbons (Fsp3) is 0.241. The van der Waals surface area contributed by atoms with E-state index in [0.717, 1.165) is 54.9 Å². The van der Waals surface area contributed by atoms with Crippen LogP contribution in [0.25, 0.3) is 10.9 Å². The first-order valence-corrected chi connectivity index (χ1v) is 12.6. The molecular formula is C29H28FN7. The van der Waals surface area contributed by atoms with Gasteiger partial charge < -0.3 is 4.90 Å². The molecule has 186 valence electrons. The summed E-state index contributed by atoms with van der Waals surface area (Å²) in [5, 5.41) is 14.0. The molecule has 2 aromatic heterocycles. The number of pyridine rings is 1. The van der Waals surface area contributed by atoms with Crippen molar-refractivity contribution in [2.45, 2.75) is 19.0 Å². The van der Waals surface area contributed by atoms with Crippen LogP contribution in [0, 0.1) is 5.82 Å². The summed E-state index contributed by atoms with van der Waals surface area (Å²) >= 11 is 0. The lowest BCUT2D eigenvalue weighted by Gasteiger charge is -2.40. The first kappa shape index (κ1) is 23.2. The third-order valence-corrected chi connectivity index (χ3v) is 7.07. The Kier molecular flexibility index (Phi) is 6.56. The number of fused-ring (bicyclic) bond motifs is 1. The van der Waals surface area contributed by atoms with Crippen LogP contribution in [-0.2, 0) is 13.0 Å². The zero-order valence-corrected chi connectivity index (χ0v) is 20.5. The van der Waals surface area contributed by atoms with Crippen LogP contribution < -0.4 is 4.90 Å². The first-order valence-electron chi connectivity index (χ1n) is 12.6. The number of aryl methyl sites for hydroxylation is 2. The van der Waals surface area contributed by atoms with Gasteiger partial charge in [0.15, 0.2) is 5.82 Å². The molecule has 3 heterocycles. The van der Waals surface area contributed by atoms with E-state index in [1.165, 1.54) is 11.6 Å². The summed E-state index contributed by atoms with van der Waals surface area (Å²) in [6.07, 6.45) is 2.65. The number of hydrogen-bond acceptors (Lipinski definition) is 6. The van der Waals surface area contributed by atoms with Gasteiger partial charge in [-0.25, -0.2) is 9.07 Å². The van der Waals surface area contributed by atoms with Crippen molar-refractivity contribution in [3.05, 3.63) is 114 Å². The van der Waals surface area contributed by atoms with Gasteiger partial charge in [0.05, 0.1) is 17.2 Å². The maximum atomic E-state index is 14.5. The zero-order chi connectivity index (χ0) is 25.0. The number of halogens is 1. The molecular weight excluding hydrogens is 465 g/mol. The van der Waals surface area contributed by atoms with Gasteiger partial charge in [0.2, 0.25) is 0 Å². The lowest BCUT2D eigenvalue weighted by molar-refractivity contribution is 0.200.